The molecule has 9 heteroatoms. The van der Waals surface area contributed by atoms with Crippen LogP contribution in [-0.4, -0.2) is 27.6 Å². The van der Waals surface area contributed by atoms with Crippen molar-refractivity contribution in [2.75, 3.05) is 14.2 Å². The zero-order chi connectivity index (χ0) is 29.7. The van der Waals surface area contributed by atoms with Gasteiger partial charge in [0.2, 0.25) is 10.0 Å². The average Bonchev–Trinajstić information content (AvgIpc) is 3.04. The normalized spacial score (nSPS) is 12.0. The van der Waals surface area contributed by atoms with Gasteiger partial charge in [0.1, 0.15) is 11.5 Å². The summed E-state index contributed by atoms with van der Waals surface area (Å²) in [6.07, 6.45) is 0. The molecule has 42 heavy (non-hydrogen) atoms. The molecule has 0 spiro atoms. The molecule has 0 heterocycles. The molecular weight excluding hydrogens is 552 g/mol. The number of nitrogens with zero attached hydrogens (tertiary/aromatic N) is 1. The lowest BCUT2D eigenvalue weighted by Crippen LogP contribution is -2.30. The molecule has 0 saturated carbocycles. The molecule has 0 amide bonds. The lowest BCUT2D eigenvalue weighted by atomic mass is 9.85. The van der Waals surface area contributed by atoms with Gasteiger partial charge in [-0.25, -0.2) is 8.42 Å². The van der Waals surface area contributed by atoms with Crippen LogP contribution in [0.3, 0.4) is 0 Å². The molecule has 5 aromatic rings. The number of methoxy groups -OCH3 is 2. The Hall–Kier alpha value is -4.99. The molecule has 0 aromatic heterocycles. The van der Waals surface area contributed by atoms with Crippen LogP contribution in [0.4, 0.5) is 5.69 Å². The molecule has 0 aliphatic carbocycles. The van der Waals surface area contributed by atoms with E-state index in [1.807, 2.05) is 72.8 Å². The SMILES string of the molecule is COc1ccc(C(NS(=O)(=O)c2ccccc2[N+](=O)[O-])c2c(-c3ccccc3)cc(OC)cc2-c2ccccc2)cc1. The van der Waals surface area contributed by atoms with Crippen molar-refractivity contribution >= 4 is 15.7 Å². The molecule has 5 aromatic carbocycles. The van der Waals surface area contributed by atoms with E-state index in [0.717, 1.165) is 22.3 Å². The predicted octanol–water partition coefficient (Wildman–Crippen LogP) is 7.01. The Labute approximate surface area is 244 Å². The summed E-state index contributed by atoms with van der Waals surface area (Å²) in [5.74, 6) is 1.19. The van der Waals surface area contributed by atoms with Crippen LogP contribution in [0.2, 0.25) is 0 Å². The minimum absolute atomic E-state index is 0.426. The first-order valence-corrected chi connectivity index (χ1v) is 14.5. The lowest BCUT2D eigenvalue weighted by molar-refractivity contribution is -0.387. The second-order valence-electron chi connectivity index (χ2n) is 9.42. The molecule has 8 nitrogen and oxygen atoms in total. The second-order valence-corrected chi connectivity index (χ2v) is 11.1. The van der Waals surface area contributed by atoms with Gasteiger partial charge in [0.15, 0.2) is 4.90 Å². The summed E-state index contributed by atoms with van der Waals surface area (Å²) in [7, 11) is -1.28. The topological polar surface area (TPSA) is 108 Å². The fraction of sp³-hybridized carbons (Fsp3) is 0.0909. The number of benzene rings is 5. The summed E-state index contributed by atoms with van der Waals surface area (Å²) in [4.78, 5) is 10.7. The number of ether oxygens (including phenoxy) is 2. The molecule has 0 saturated heterocycles. The number of nitro benzene ring substituents is 1. The van der Waals surface area contributed by atoms with Crippen molar-refractivity contribution in [3.05, 3.63) is 143 Å². The molecule has 0 aliphatic rings. The van der Waals surface area contributed by atoms with Crippen molar-refractivity contribution in [2.24, 2.45) is 0 Å². The summed E-state index contributed by atoms with van der Waals surface area (Å²) < 4.78 is 41.8. The van der Waals surface area contributed by atoms with Gasteiger partial charge in [-0.3, -0.25) is 10.1 Å². The molecule has 212 valence electrons. The van der Waals surface area contributed by atoms with E-state index in [0.29, 0.717) is 22.6 Å². The number of para-hydroxylation sites is 1. The van der Waals surface area contributed by atoms with E-state index in [1.165, 1.54) is 24.3 Å². The quantitative estimate of drug-likeness (QED) is 0.141. The molecule has 1 unspecified atom stereocenters. The Morgan fingerprint density at radius 1 is 0.690 bits per heavy atom. The predicted molar refractivity (Wildman–Crippen MR) is 162 cm³/mol. The number of hydrogen-bond donors (Lipinski definition) is 1. The first-order valence-electron chi connectivity index (χ1n) is 13.0. The number of rotatable bonds is 10. The summed E-state index contributed by atoms with van der Waals surface area (Å²) in [6.45, 7) is 0. The van der Waals surface area contributed by atoms with Crippen LogP contribution >= 0.6 is 0 Å². The van der Waals surface area contributed by atoms with E-state index in [1.54, 1.807) is 38.5 Å². The van der Waals surface area contributed by atoms with Gasteiger partial charge in [-0.15, -0.1) is 0 Å². The molecule has 0 fully saturated rings. The zero-order valence-electron chi connectivity index (χ0n) is 22.9. The van der Waals surface area contributed by atoms with Gasteiger partial charge in [-0.2, -0.15) is 4.72 Å². The Morgan fingerprint density at radius 3 is 1.69 bits per heavy atom. The van der Waals surface area contributed by atoms with Gasteiger partial charge in [0.25, 0.3) is 5.69 Å². The van der Waals surface area contributed by atoms with E-state index >= 15 is 0 Å². The maximum Gasteiger partial charge on any atom is 0.289 e. The van der Waals surface area contributed by atoms with Crippen molar-refractivity contribution in [2.45, 2.75) is 10.9 Å². The minimum Gasteiger partial charge on any atom is -0.497 e. The molecule has 0 radical (unpaired) electrons. The molecule has 0 bridgehead atoms. The van der Waals surface area contributed by atoms with Gasteiger partial charge in [0, 0.05) is 6.07 Å². The van der Waals surface area contributed by atoms with Crippen LogP contribution in [0.1, 0.15) is 17.2 Å². The number of nitro groups is 1. The van der Waals surface area contributed by atoms with E-state index in [2.05, 4.69) is 4.72 Å². The van der Waals surface area contributed by atoms with Crippen molar-refractivity contribution in [3.63, 3.8) is 0 Å². The first-order chi connectivity index (χ1) is 20.3. The minimum atomic E-state index is -4.41. The summed E-state index contributed by atoms with van der Waals surface area (Å²) in [5, 5.41) is 11.8. The van der Waals surface area contributed by atoms with Crippen molar-refractivity contribution in [1.82, 2.24) is 4.72 Å². The number of nitrogens with one attached hydrogen (secondary N) is 1. The standard InChI is InChI=1S/C33H28N2O6S/c1-40-26-19-17-25(18-20-26)33(34-42(38,39)31-16-10-9-15-30(31)35(36)37)32-28(23-11-5-3-6-12-23)21-27(41-2)22-29(32)24-13-7-4-8-14-24/h3-22,33-34H,1-2H3. The molecular formula is C33H28N2O6S. The van der Waals surface area contributed by atoms with Crippen molar-refractivity contribution in [3.8, 4) is 33.8 Å². The van der Waals surface area contributed by atoms with E-state index < -0.39 is 31.6 Å². The van der Waals surface area contributed by atoms with Gasteiger partial charge in [-0.05, 0) is 63.7 Å². The fourth-order valence-electron chi connectivity index (χ4n) is 4.91. The summed E-state index contributed by atoms with van der Waals surface area (Å²) in [6, 6.07) is 34.3. The second kappa shape index (κ2) is 12.3. The summed E-state index contributed by atoms with van der Waals surface area (Å²) in [5.41, 5.74) is 3.90. The fourth-order valence-corrected chi connectivity index (χ4v) is 6.28. The highest BCUT2D eigenvalue weighted by Gasteiger charge is 2.32. The highest BCUT2D eigenvalue weighted by atomic mass is 32.2. The number of hydrogen-bond acceptors (Lipinski definition) is 6. The largest absolute Gasteiger partial charge is 0.497 e. The zero-order valence-corrected chi connectivity index (χ0v) is 23.7. The third kappa shape index (κ3) is 5.88. The van der Waals surface area contributed by atoms with Crippen molar-refractivity contribution in [1.29, 1.82) is 0 Å². The van der Waals surface area contributed by atoms with Crippen LogP contribution < -0.4 is 14.2 Å². The molecule has 1 N–H and O–H groups in total. The Bertz CT molecular complexity index is 1750. The van der Waals surface area contributed by atoms with Crippen LogP contribution in [-0.2, 0) is 10.0 Å². The van der Waals surface area contributed by atoms with Gasteiger partial charge in [0.05, 0.1) is 25.2 Å². The molecule has 5 rings (SSSR count). The first kappa shape index (κ1) is 28.5. The van der Waals surface area contributed by atoms with Crippen LogP contribution in [0.5, 0.6) is 11.5 Å². The monoisotopic (exact) mass is 580 g/mol. The third-order valence-corrected chi connectivity index (χ3v) is 8.39. The lowest BCUT2D eigenvalue weighted by Gasteiger charge is -2.26. The Balaban J connectivity index is 1.83. The van der Waals surface area contributed by atoms with E-state index in [4.69, 9.17) is 9.47 Å². The maximum atomic E-state index is 14.0. The Kier molecular flexibility index (Phi) is 8.33. The third-order valence-electron chi connectivity index (χ3n) is 6.92. The molecule has 0 aliphatic heterocycles. The number of sulfonamides is 1. The van der Waals surface area contributed by atoms with Crippen LogP contribution in [0.15, 0.2) is 126 Å². The van der Waals surface area contributed by atoms with Crippen LogP contribution in [0, 0.1) is 10.1 Å². The van der Waals surface area contributed by atoms with Gasteiger partial charge in [-0.1, -0.05) is 84.9 Å². The van der Waals surface area contributed by atoms with Gasteiger partial charge < -0.3 is 9.47 Å². The highest BCUT2D eigenvalue weighted by Crippen LogP contribution is 2.43. The highest BCUT2D eigenvalue weighted by molar-refractivity contribution is 7.89. The Morgan fingerprint density at radius 2 is 1.19 bits per heavy atom. The average molecular weight is 581 g/mol. The van der Waals surface area contributed by atoms with Crippen molar-refractivity contribution < 1.29 is 22.8 Å². The molecule has 1 atom stereocenters. The van der Waals surface area contributed by atoms with Crippen LogP contribution in [0.25, 0.3) is 22.3 Å². The van der Waals surface area contributed by atoms with E-state index in [9.17, 15) is 18.5 Å². The van der Waals surface area contributed by atoms with Gasteiger partial charge >= 0.3 is 0 Å². The van der Waals surface area contributed by atoms with E-state index in [-0.39, 0.29) is 0 Å². The maximum absolute atomic E-state index is 14.0. The summed E-state index contributed by atoms with van der Waals surface area (Å²) >= 11 is 0. The smallest absolute Gasteiger partial charge is 0.289 e.